The normalized spacial score (nSPS) is 21.3. The Bertz CT molecular complexity index is 745. The third kappa shape index (κ3) is 4.20. The molecule has 1 aromatic carbocycles. The molecule has 9 heteroatoms. The van der Waals surface area contributed by atoms with Gasteiger partial charge in [-0.1, -0.05) is 0 Å². The van der Waals surface area contributed by atoms with Crippen molar-refractivity contribution in [2.24, 2.45) is 5.92 Å². The lowest BCUT2D eigenvalue weighted by molar-refractivity contribution is -0.143. The zero-order chi connectivity index (χ0) is 19.1. The summed E-state index contributed by atoms with van der Waals surface area (Å²) in [6.45, 7) is 2.86. The molecule has 1 saturated heterocycles. The van der Waals surface area contributed by atoms with Crippen LogP contribution in [-0.2, 0) is 18.8 Å². The number of alkyl halides is 6. The number of H-pyrrole nitrogens is 1. The van der Waals surface area contributed by atoms with Crippen LogP contribution in [0.3, 0.4) is 0 Å². The minimum atomic E-state index is -4.87. The molecular weight excluding hydrogens is 360 g/mol. The van der Waals surface area contributed by atoms with E-state index in [4.69, 9.17) is 0 Å². The van der Waals surface area contributed by atoms with Gasteiger partial charge in [-0.15, -0.1) is 0 Å². The van der Waals surface area contributed by atoms with Gasteiger partial charge in [0.1, 0.15) is 5.82 Å². The maximum Gasteiger partial charge on any atom is 0.416 e. The van der Waals surface area contributed by atoms with Crippen molar-refractivity contribution < 1.29 is 26.3 Å². The third-order valence-electron chi connectivity index (χ3n) is 4.45. The van der Waals surface area contributed by atoms with Gasteiger partial charge in [0.25, 0.3) is 0 Å². The van der Waals surface area contributed by atoms with Gasteiger partial charge in [-0.25, -0.2) is 4.98 Å². The van der Waals surface area contributed by atoms with Gasteiger partial charge < -0.3 is 10.3 Å². The largest absolute Gasteiger partial charge is 0.416 e. The summed E-state index contributed by atoms with van der Waals surface area (Å²) in [7, 11) is 0. The molecule has 2 heterocycles. The number of imidazole rings is 1. The van der Waals surface area contributed by atoms with Crippen LogP contribution in [0, 0.1) is 5.92 Å². The van der Waals surface area contributed by atoms with E-state index in [0.717, 1.165) is 13.0 Å². The molecule has 1 aliphatic heterocycles. The summed E-state index contributed by atoms with van der Waals surface area (Å²) in [5, 5.41) is 3.28. The van der Waals surface area contributed by atoms with Crippen LogP contribution in [0.4, 0.5) is 26.3 Å². The molecule has 0 aliphatic carbocycles. The molecule has 0 radical (unpaired) electrons. The third-order valence-corrected chi connectivity index (χ3v) is 4.45. The standard InChI is InChI=1S/C17H17F6N3/c1-9-2-10(7-24-9)3-15-25-8-14(26-15)11-4-12(16(18,19)20)6-13(5-11)17(21,22)23/h4-6,8-10,24H,2-3,7H2,1H3,(H,25,26). The van der Waals surface area contributed by atoms with E-state index in [-0.39, 0.29) is 17.3 Å². The van der Waals surface area contributed by atoms with Gasteiger partial charge in [-0.3, -0.25) is 0 Å². The summed E-state index contributed by atoms with van der Waals surface area (Å²) in [6, 6.07) is 1.90. The summed E-state index contributed by atoms with van der Waals surface area (Å²) >= 11 is 0. The highest BCUT2D eigenvalue weighted by Gasteiger charge is 2.37. The van der Waals surface area contributed by atoms with Crippen LogP contribution in [0.1, 0.15) is 30.3 Å². The average Bonchev–Trinajstić information content (AvgIpc) is 3.15. The average molecular weight is 377 g/mol. The second-order valence-electron chi connectivity index (χ2n) is 6.65. The van der Waals surface area contributed by atoms with Crippen molar-refractivity contribution in [3.05, 3.63) is 41.3 Å². The molecule has 0 saturated carbocycles. The van der Waals surface area contributed by atoms with Crippen molar-refractivity contribution in [2.45, 2.75) is 38.2 Å². The van der Waals surface area contributed by atoms with Crippen molar-refractivity contribution in [3.63, 3.8) is 0 Å². The molecule has 3 nitrogen and oxygen atoms in total. The van der Waals surface area contributed by atoms with Crippen LogP contribution in [-0.4, -0.2) is 22.6 Å². The van der Waals surface area contributed by atoms with Crippen LogP contribution >= 0.6 is 0 Å². The number of halogens is 6. The van der Waals surface area contributed by atoms with Gasteiger partial charge in [0.2, 0.25) is 0 Å². The highest BCUT2D eigenvalue weighted by molar-refractivity contribution is 5.61. The van der Waals surface area contributed by atoms with Crippen LogP contribution in [0.2, 0.25) is 0 Å². The first-order valence-corrected chi connectivity index (χ1v) is 8.09. The van der Waals surface area contributed by atoms with Crippen LogP contribution in [0.25, 0.3) is 11.3 Å². The lowest BCUT2D eigenvalue weighted by Crippen LogP contribution is -2.17. The molecule has 2 atom stereocenters. The molecule has 0 bridgehead atoms. The molecule has 0 spiro atoms. The minimum absolute atomic E-state index is 0.117. The Kier molecular flexibility index (Phi) is 4.76. The fraction of sp³-hybridized carbons (Fsp3) is 0.471. The Balaban J connectivity index is 1.91. The van der Waals surface area contributed by atoms with Crippen LogP contribution in [0.5, 0.6) is 0 Å². The van der Waals surface area contributed by atoms with Gasteiger partial charge in [0.15, 0.2) is 0 Å². The number of hydrogen-bond acceptors (Lipinski definition) is 2. The monoisotopic (exact) mass is 377 g/mol. The second-order valence-corrected chi connectivity index (χ2v) is 6.65. The molecule has 2 unspecified atom stereocenters. The molecule has 2 aromatic rings. The van der Waals surface area contributed by atoms with Crippen LogP contribution < -0.4 is 5.32 Å². The zero-order valence-electron chi connectivity index (χ0n) is 13.8. The predicted molar refractivity (Wildman–Crippen MR) is 83.3 cm³/mol. The topological polar surface area (TPSA) is 40.7 Å². The van der Waals surface area contributed by atoms with E-state index in [0.29, 0.717) is 36.3 Å². The maximum absolute atomic E-state index is 13.0. The van der Waals surface area contributed by atoms with Crippen molar-refractivity contribution in [2.75, 3.05) is 6.54 Å². The number of aromatic nitrogens is 2. The zero-order valence-corrected chi connectivity index (χ0v) is 13.8. The fourth-order valence-electron chi connectivity index (χ4n) is 3.19. The highest BCUT2D eigenvalue weighted by Crippen LogP contribution is 2.38. The summed E-state index contributed by atoms with van der Waals surface area (Å²) in [5.74, 6) is 0.878. The van der Waals surface area contributed by atoms with Gasteiger partial charge in [0, 0.05) is 18.0 Å². The molecule has 1 aliphatic rings. The summed E-state index contributed by atoms with van der Waals surface area (Å²) in [4.78, 5) is 6.97. The Morgan fingerprint density at radius 2 is 1.65 bits per heavy atom. The van der Waals surface area contributed by atoms with Gasteiger partial charge in [0.05, 0.1) is 23.0 Å². The lowest BCUT2D eigenvalue weighted by atomic mass is 10.0. The molecule has 3 rings (SSSR count). The van der Waals surface area contributed by atoms with Crippen molar-refractivity contribution in [1.29, 1.82) is 0 Å². The minimum Gasteiger partial charge on any atom is -0.342 e. The SMILES string of the molecule is CC1CC(Cc2ncc(-c3cc(C(F)(F)F)cc(C(F)(F)F)c3)[nH]2)CN1. The van der Waals surface area contributed by atoms with Crippen LogP contribution in [0.15, 0.2) is 24.4 Å². The molecule has 26 heavy (non-hydrogen) atoms. The number of hydrogen-bond donors (Lipinski definition) is 2. The predicted octanol–water partition coefficient (Wildman–Crippen LogP) is 4.65. The van der Waals surface area contributed by atoms with Gasteiger partial charge in [-0.05, 0) is 44.0 Å². The fourth-order valence-corrected chi connectivity index (χ4v) is 3.19. The van der Waals surface area contributed by atoms with E-state index in [9.17, 15) is 26.3 Å². The summed E-state index contributed by atoms with van der Waals surface area (Å²) < 4.78 is 77.8. The van der Waals surface area contributed by atoms with Crippen molar-refractivity contribution >= 4 is 0 Å². The van der Waals surface area contributed by atoms with E-state index < -0.39 is 23.5 Å². The molecule has 1 aromatic heterocycles. The summed E-state index contributed by atoms with van der Waals surface area (Å²) in [6.07, 6.45) is -6.94. The quantitative estimate of drug-likeness (QED) is 0.765. The van der Waals surface area contributed by atoms with Crippen molar-refractivity contribution in [3.8, 4) is 11.3 Å². The molecule has 142 valence electrons. The van der Waals surface area contributed by atoms with E-state index in [1.54, 1.807) is 0 Å². The molecular formula is C17H17F6N3. The van der Waals surface area contributed by atoms with Gasteiger partial charge in [-0.2, -0.15) is 26.3 Å². The Morgan fingerprint density at radius 1 is 1.04 bits per heavy atom. The maximum atomic E-state index is 13.0. The molecule has 0 amide bonds. The first kappa shape index (κ1) is 18.8. The smallest absolute Gasteiger partial charge is 0.342 e. The van der Waals surface area contributed by atoms with E-state index >= 15 is 0 Å². The first-order chi connectivity index (χ1) is 12.0. The number of aromatic amines is 1. The second kappa shape index (κ2) is 6.61. The molecule has 1 fully saturated rings. The van der Waals surface area contributed by atoms with E-state index in [2.05, 4.69) is 22.2 Å². The first-order valence-electron chi connectivity index (χ1n) is 8.09. The Morgan fingerprint density at radius 3 is 2.15 bits per heavy atom. The Hall–Kier alpha value is -2.03. The number of nitrogens with one attached hydrogen (secondary N) is 2. The highest BCUT2D eigenvalue weighted by atomic mass is 19.4. The van der Waals surface area contributed by atoms with E-state index in [1.807, 2.05) is 0 Å². The van der Waals surface area contributed by atoms with E-state index in [1.165, 1.54) is 6.20 Å². The lowest BCUT2D eigenvalue weighted by Gasteiger charge is -2.13. The van der Waals surface area contributed by atoms with Gasteiger partial charge >= 0.3 is 12.4 Å². The molecule has 2 N–H and O–H groups in total. The van der Waals surface area contributed by atoms with Crippen molar-refractivity contribution in [1.82, 2.24) is 15.3 Å². The Labute approximate surface area is 145 Å². The summed E-state index contributed by atoms with van der Waals surface area (Å²) in [5.41, 5.74) is -2.74. The number of benzene rings is 1. The number of rotatable bonds is 3. The number of nitrogens with zero attached hydrogens (tertiary/aromatic N) is 1.